The van der Waals surface area contributed by atoms with Crippen LogP contribution in [-0.2, 0) is 4.79 Å². The fourth-order valence-corrected chi connectivity index (χ4v) is 1.33. The van der Waals surface area contributed by atoms with Gasteiger partial charge in [0.15, 0.2) is 5.78 Å². The highest BCUT2D eigenvalue weighted by Gasteiger charge is 2.26. The summed E-state index contributed by atoms with van der Waals surface area (Å²) in [6.07, 6.45) is 0.676. The minimum absolute atomic E-state index is 0.00772. The van der Waals surface area contributed by atoms with Crippen LogP contribution in [-0.4, -0.2) is 23.6 Å². The maximum Gasteiger partial charge on any atom is 0.152 e. The molecule has 0 radical (unpaired) electrons. The van der Waals surface area contributed by atoms with Gasteiger partial charge in [-0.25, -0.2) is 0 Å². The summed E-state index contributed by atoms with van der Waals surface area (Å²) in [5.74, 6) is 0.303. The molecule has 0 aromatic carbocycles. The molecule has 1 heterocycles. The molecular formula is C6H11NOS. The third-order valence-electron chi connectivity index (χ3n) is 1.56. The summed E-state index contributed by atoms with van der Waals surface area (Å²) in [4.78, 5) is 10.9. The van der Waals surface area contributed by atoms with Crippen LogP contribution in [0.1, 0.15) is 13.3 Å². The second kappa shape index (κ2) is 2.71. The Morgan fingerprint density at radius 1 is 1.89 bits per heavy atom. The van der Waals surface area contributed by atoms with Crippen LogP contribution in [0.2, 0.25) is 0 Å². The first-order valence-corrected chi connectivity index (χ1v) is 3.67. The molecule has 0 amide bonds. The Bertz CT molecular complexity index is 124. The lowest BCUT2D eigenvalue weighted by Crippen LogP contribution is -2.34. The molecule has 2 atom stereocenters. The Hall–Kier alpha value is -0.0200. The zero-order valence-electron chi connectivity index (χ0n) is 5.42. The minimum Gasteiger partial charge on any atom is -0.306 e. The number of nitrogens with one attached hydrogen (secondary N) is 1. The molecule has 2 nitrogen and oxygen atoms in total. The quantitative estimate of drug-likeness (QED) is 0.517. The van der Waals surface area contributed by atoms with Gasteiger partial charge < -0.3 is 5.32 Å². The highest BCUT2D eigenvalue weighted by Crippen LogP contribution is 2.08. The third kappa shape index (κ3) is 1.46. The van der Waals surface area contributed by atoms with Gasteiger partial charge in [-0.15, -0.1) is 0 Å². The van der Waals surface area contributed by atoms with Crippen LogP contribution in [0.15, 0.2) is 0 Å². The molecule has 0 aliphatic carbocycles. The highest BCUT2D eigenvalue weighted by molar-refractivity contribution is 7.81. The summed E-state index contributed by atoms with van der Waals surface area (Å²) >= 11 is 4.17. The predicted molar refractivity (Wildman–Crippen MR) is 39.9 cm³/mol. The summed E-state index contributed by atoms with van der Waals surface area (Å²) in [5.41, 5.74) is 0. The summed E-state index contributed by atoms with van der Waals surface area (Å²) in [6.45, 7) is 2.76. The van der Waals surface area contributed by atoms with Crippen LogP contribution in [0, 0.1) is 0 Å². The van der Waals surface area contributed by atoms with E-state index in [1.807, 2.05) is 6.92 Å². The molecular weight excluding hydrogens is 134 g/mol. The van der Waals surface area contributed by atoms with Crippen molar-refractivity contribution < 1.29 is 4.79 Å². The number of Topliss-reactive ketones (excluding diaryl/α,β-unsaturated/α-hetero) is 1. The van der Waals surface area contributed by atoms with Gasteiger partial charge in [-0.1, -0.05) is 6.92 Å². The summed E-state index contributed by atoms with van der Waals surface area (Å²) in [5, 5.41) is 3.23. The number of hydrogen-bond acceptors (Lipinski definition) is 3. The van der Waals surface area contributed by atoms with Gasteiger partial charge in [0.05, 0.1) is 6.04 Å². The zero-order chi connectivity index (χ0) is 6.85. The molecule has 1 fully saturated rings. The molecule has 0 aromatic rings. The van der Waals surface area contributed by atoms with E-state index in [9.17, 15) is 4.79 Å². The van der Waals surface area contributed by atoms with E-state index in [4.69, 9.17) is 0 Å². The largest absolute Gasteiger partial charge is 0.306 e. The van der Waals surface area contributed by atoms with Crippen molar-refractivity contribution in [3.63, 3.8) is 0 Å². The van der Waals surface area contributed by atoms with Crippen molar-refractivity contribution in [3.8, 4) is 0 Å². The van der Waals surface area contributed by atoms with Crippen LogP contribution < -0.4 is 5.32 Å². The number of carbonyl (C=O) groups is 1. The Balaban J connectivity index is 2.49. The molecule has 1 rings (SSSR count). The van der Waals surface area contributed by atoms with Crippen molar-refractivity contribution in [2.75, 3.05) is 6.54 Å². The Labute approximate surface area is 60.4 Å². The first-order chi connectivity index (χ1) is 4.22. The monoisotopic (exact) mass is 145 g/mol. The third-order valence-corrected chi connectivity index (χ3v) is 1.86. The van der Waals surface area contributed by atoms with E-state index in [0.717, 1.165) is 6.54 Å². The van der Waals surface area contributed by atoms with E-state index < -0.39 is 0 Å². The molecule has 1 aliphatic rings. The summed E-state index contributed by atoms with van der Waals surface area (Å²) in [7, 11) is 0. The van der Waals surface area contributed by atoms with Gasteiger partial charge >= 0.3 is 0 Å². The van der Waals surface area contributed by atoms with E-state index >= 15 is 0 Å². The van der Waals surface area contributed by atoms with Crippen molar-refractivity contribution in [1.29, 1.82) is 0 Å². The SMILES string of the molecule is CC(S)C1NCCC1=O. The van der Waals surface area contributed by atoms with Crippen molar-refractivity contribution in [1.82, 2.24) is 5.32 Å². The van der Waals surface area contributed by atoms with Gasteiger partial charge in [-0.05, 0) is 0 Å². The molecule has 0 spiro atoms. The van der Waals surface area contributed by atoms with E-state index in [2.05, 4.69) is 17.9 Å². The average molecular weight is 145 g/mol. The normalized spacial score (nSPS) is 30.9. The first-order valence-electron chi connectivity index (χ1n) is 3.16. The Morgan fingerprint density at radius 2 is 2.56 bits per heavy atom. The van der Waals surface area contributed by atoms with Crippen LogP contribution in [0.5, 0.6) is 0 Å². The van der Waals surface area contributed by atoms with E-state index in [1.165, 1.54) is 0 Å². The van der Waals surface area contributed by atoms with Crippen LogP contribution in [0.25, 0.3) is 0 Å². The Kier molecular flexibility index (Phi) is 2.13. The van der Waals surface area contributed by atoms with Gasteiger partial charge in [0.25, 0.3) is 0 Å². The predicted octanol–water partition coefficient (Wildman–Crippen LogP) is 0.236. The van der Waals surface area contributed by atoms with Gasteiger partial charge in [-0.2, -0.15) is 12.6 Å². The molecule has 9 heavy (non-hydrogen) atoms. The van der Waals surface area contributed by atoms with E-state index in [1.54, 1.807) is 0 Å². The second-order valence-corrected chi connectivity index (χ2v) is 3.20. The number of ketones is 1. The van der Waals surface area contributed by atoms with E-state index in [-0.39, 0.29) is 11.3 Å². The lowest BCUT2D eigenvalue weighted by molar-refractivity contribution is -0.118. The minimum atomic E-state index is 0.00772. The molecule has 1 saturated heterocycles. The topological polar surface area (TPSA) is 29.1 Å². The molecule has 0 saturated carbocycles. The van der Waals surface area contributed by atoms with Crippen molar-refractivity contribution >= 4 is 18.4 Å². The lowest BCUT2D eigenvalue weighted by Gasteiger charge is -2.10. The molecule has 2 unspecified atom stereocenters. The smallest absolute Gasteiger partial charge is 0.152 e. The first kappa shape index (κ1) is 7.09. The number of thiol groups is 1. The van der Waals surface area contributed by atoms with Crippen molar-refractivity contribution in [2.45, 2.75) is 24.6 Å². The fourth-order valence-electron chi connectivity index (χ4n) is 1.06. The van der Waals surface area contributed by atoms with Crippen LogP contribution in [0.3, 0.4) is 0 Å². The molecule has 52 valence electrons. The molecule has 0 aromatic heterocycles. The molecule has 3 heteroatoms. The molecule has 1 N–H and O–H groups in total. The standard InChI is InChI=1S/C6H11NOS/c1-4(9)6-5(8)2-3-7-6/h4,6-7,9H,2-3H2,1H3. The highest BCUT2D eigenvalue weighted by atomic mass is 32.1. The maximum absolute atomic E-state index is 10.9. The Morgan fingerprint density at radius 3 is 2.78 bits per heavy atom. The number of rotatable bonds is 1. The van der Waals surface area contributed by atoms with Crippen molar-refractivity contribution in [3.05, 3.63) is 0 Å². The van der Waals surface area contributed by atoms with Crippen LogP contribution in [0.4, 0.5) is 0 Å². The lowest BCUT2D eigenvalue weighted by atomic mass is 10.1. The fraction of sp³-hybridized carbons (Fsp3) is 0.833. The van der Waals surface area contributed by atoms with Gasteiger partial charge in [0.2, 0.25) is 0 Å². The van der Waals surface area contributed by atoms with E-state index in [0.29, 0.717) is 12.2 Å². The number of carbonyl (C=O) groups excluding carboxylic acids is 1. The van der Waals surface area contributed by atoms with Crippen molar-refractivity contribution in [2.24, 2.45) is 0 Å². The second-order valence-electron chi connectivity index (χ2n) is 2.39. The maximum atomic E-state index is 10.9. The summed E-state index contributed by atoms with van der Waals surface area (Å²) in [6, 6.07) is 0.00772. The van der Waals surface area contributed by atoms with Gasteiger partial charge in [0, 0.05) is 18.2 Å². The summed E-state index contributed by atoms with van der Waals surface area (Å²) < 4.78 is 0. The van der Waals surface area contributed by atoms with Gasteiger partial charge in [-0.3, -0.25) is 4.79 Å². The van der Waals surface area contributed by atoms with Crippen LogP contribution >= 0.6 is 12.6 Å². The molecule has 0 bridgehead atoms. The number of hydrogen-bond donors (Lipinski definition) is 2. The average Bonchev–Trinajstić information content (AvgIpc) is 2.13. The zero-order valence-corrected chi connectivity index (χ0v) is 6.32. The van der Waals surface area contributed by atoms with Gasteiger partial charge in [0.1, 0.15) is 0 Å². The molecule has 1 aliphatic heterocycles.